The summed E-state index contributed by atoms with van der Waals surface area (Å²) in [7, 11) is 1.85. The topological polar surface area (TPSA) is 71.8 Å². The summed E-state index contributed by atoms with van der Waals surface area (Å²) in [6.45, 7) is 5.19. The molecule has 4 rings (SSSR count). The van der Waals surface area contributed by atoms with Gasteiger partial charge in [-0.2, -0.15) is 5.10 Å². The first-order valence-electron chi connectivity index (χ1n) is 10.1. The van der Waals surface area contributed by atoms with Crippen LogP contribution in [0, 0.1) is 6.92 Å². The molecule has 1 aromatic carbocycles. The Hall–Kier alpha value is -2.89. The Bertz CT molecular complexity index is 1020. The molecule has 0 bridgehead atoms. The number of unbranched alkanes of at least 4 members (excludes halogenated alkanes) is 1. The van der Waals surface area contributed by atoms with E-state index in [1.165, 1.54) is 0 Å². The third kappa shape index (κ3) is 3.59. The van der Waals surface area contributed by atoms with Gasteiger partial charge in [0, 0.05) is 43.0 Å². The van der Waals surface area contributed by atoms with E-state index < -0.39 is 0 Å². The molecule has 3 aromatic rings. The number of aromatic nitrogens is 3. The highest BCUT2D eigenvalue weighted by Crippen LogP contribution is 2.32. The molecular formula is C22H27N5O. The highest BCUT2D eigenvalue weighted by atomic mass is 16.1. The van der Waals surface area contributed by atoms with Crippen LogP contribution in [0.1, 0.15) is 48.5 Å². The maximum atomic E-state index is 12.6. The Kier molecular flexibility index (Phi) is 5.03. The highest BCUT2D eigenvalue weighted by Gasteiger charge is 2.25. The van der Waals surface area contributed by atoms with Crippen molar-refractivity contribution in [2.75, 3.05) is 12.4 Å². The van der Waals surface area contributed by atoms with E-state index in [2.05, 4.69) is 47.7 Å². The zero-order valence-electron chi connectivity index (χ0n) is 16.7. The SMILES string of the molecule is CCCCn1ccc(-c2cc3c(NC)c(C(=O)NC4CC4)cnc3cc2C)n1. The van der Waals surface area contributed by atoms with Crippen molar-refractivity contribution in [3.8, 4) is 11.3 Å². The smallest absolute Gasteiger partial charge is 0.255 e. The molecule has 1 aliphatic carbocycles. The van der Waals surface area contributed by atoms with Crippen molar-refractivity contribution in [2.24, 2.45) is 0 Å². The third-order valence-electron chi connectivity index (χ3n) is 5.28. The second-order valence-corrected chi connectivity index (χ2v) is 7.55. The van der Waals surface area contributed by atoms with Gasteiger partial charge in [-0.05, 0) is 49.9 Å². The fourth-order valence-electron chi connectivity index (χ4n) is 3.50. The van der Waals surface area contributed by atoms with E-state index >= 15 is 0 Å². The first-order valence-corrected chi connectivity index (χ1v) is 10.1. The number of carbonyl (C=O) groups is 1. The molecule has 1 amide bonds. The summed E-state index contributed by atoms with van der Waals surface area (Å²) in [4.78, 5) is 17.2. The summed E-state index contributed by atoms with van der Waals surface area (Å²) < 4.78 is 2.00. The Morgan fingerprint density at radius 1 is 1.32 bits per heavy atom. The zero-order valence-corrected chi connectivity index (χ0v) is 16.7. The lowest BCUT2D eigenvalue weighted by molar-refractivity contribution is 0.0951. The maximum Gasteiger partial charge on any atom is 0.255 e. The van der Waals surface area contributed by atoms with Crippen molar-refractivity contribution in [3.05, 3.63) is 41.7 Å². The number of hydrogen-bond donors (Lipinski definition) is 2. The summed E-state index contributed by atoms with van der Waals surface area (Å²) >= 11 is 0. The molecule has 2 N–H and O–H groups in total. The van der Waals surface area contributed by atoms with Gasteiger partial charge in [0.25, 0.3) is 5.91 Å². The number of carbonyl (C=O) groups excluding carboxylic acids is 1. The molecule has 0 unspecified atom stereocenters. The van der Waals surface area contributed by atoms with Crippen LogP contribution in [0.2, 0.25) is 0 Å². The Morgan fingerprint density at radius 2 is 2.14 bits per heavy atom. The van der Waals surface area contributed by atoms with Crippen molar-refractivity contribution in [3.63, 3.8) is 0 Å². The van der Waals surface area contributed by atoms with Crippen LogP contribution >= 0.6 is 0 Å². The minimum Gasteiger partial charge on any atom is -0.387 e. The number of pyridine rings is 1. The van der Waals surface area contributed by atoms with Gasteiger partial charge in [0.1, 0.15) is 0 Å². The van der Waals surface area contributed by atoms with Gasteiger partial charge >= 0.3 is 0 Å². The van der Waals surface area contributed by atoms with Crippen LogP contribution in [0.3, 0.4) is 0 Å². The molecule has 0 aliphatic heterocycles. The summed E-state index contributed by atoms with van der Waals surface area (Å²) in [5, 5.41) is 12.0. The van der Waals surface area contributed by atoms with Crippen LogP contribution in [0.15, 0.2) is 30.6 Å². The molecule has 0 radical (unpaired) electrons. The number of nitrogens with zero attached hydrogens (tertiary/aromatic N) is 3. The fraction of sp³-hybridized carbons (Fsp3) is 0.409. The van der Waals surface area contributed by atoms with Gasteiger partial charge in [-0.1, -0.05) is 13.3 Å². The number of rotatable bonds is 7. The summed E-state index contributed by atoms with van der Waals surface area (Å²) in [6.07, 6.45) is 8.09. The van der Waals surface area contributed by atoms with E-state index in [1.807, 2.05) is 17.9 Å². The monoisotopic (exact) mass is 377 g/mol. The number of hydrogen-bond acceptors (Lipinski definition) is 4. The second-order valence-electron chi connectivity index (χ2n) is 7.55. The van der Waals surface area contributed by atoms with Gasteiger partial charge < -0.3 is 10.6 Å². The summed E-state index contributed by atoms with van der Waals surface area (Å²) in [5.74, 6) is -0.0628. The first-order chi connectivity index (χ1) is 13.6. The minimum atomic E-state index is -0.0628. The molecule has 1 fully saturated rings. The number of aryl methyl sites for hydroxylation is 2. The Labute approximate surface area is 165 Å². The maximum absolute atomic E-state index is 12.6. The molecule has 0 atom stereocenters. The van der Waals surface area contributed by atoms with E-state index in [4.69, 9.17) is 5.10 Å². The molecule has 146 valence electrons. The van der Waals surface area contributed by atoms with Crippen LogP contribution in [-0.2, 0) is 6.54 Å². The number of fused-ring (bicyclic) bond motifs is 1. The van der Waals surface area contributed by atoms with Crippen LogP contribution in [-0.4, -0.2) is 33.8 Å². The van der Waals surface area contributed by atoms with E-state index in [9.17, 15) is 4.79 Å². The standard InChI is InChI=1S/C22H27N5O/c1-4-5-9-27-10-8-19(26-27)16-12-17-20(11-14(16)2)24-13-18(21(17)23-3)22(28)25-15-6-7-15/h8,10-13,15H,4-7,9H2,1-3H3,(H,23,24)(H,25,28). The summed E-state index contributed by atoms with van der Waals surface area (Å²) in [5.41, 5.74) is 5.42. The second kappa shape index (κ2) is 7.62. The zero-order chi connectivity index (χ0) is 19.7. The van der Waals surface area contributed by atoms with Crippen molar-refractivity contribution in [2.45, 2.75) is 52.1 Å². The van der Waals surface area contributed by atoms with Gasteiger partial charge in [0.2, 0.25) is 0 Å². The molecular weight excluding hydrogens is 350 g/mol. The fourth-order valence-corrected chi connectivity index (χ4v) is 3.50. The predicted molar refractivity (Wildman–Crippen MR) is 113 cm³/mol. The van der Waals surface area contributed by atoms with E-state index in [1.54, 1.807) is 6.20 Å². The van der Waals surface area contributed by atoms with Crippen LogP contribution in [0.25, 0.3) is 22.2 Å². The van der Waals surface area contributed by atoms with Crippen LogP contribution < -0.4 is 10.6 Å². The third-order valence-corrected chi connectivity index (χ3v) is 5.28. The molecule has 6 nitrogen and oxygen atoms in total. The van der Waals surface area contributed by atoms with Gasteiger partial charge in [-0.3, -0.25) is 14.5 Å². The molecule has 1 saturated carbocycles. The van der Waals surface area contributed by atoms with Crippen molar-refractivity contribution in [1.82, 2.24) is 20.1 Å². The number of anilines is 1. The lowest BCUT2D eigenvalue weighted by Crippen LogP contribution is -2.26. The number of benzene rings is 1. The van der Waals surface area contributed by atoms with Gasteiger partial charge in [-0.25, -0.2) is 0 Å². The quantitative estimate of drug-likeness (QED) is 0.649. The van der Waals surface area contributed by atoms with Crippen molar-refractivity contribution >= 4 is 22.5 Å². The van der Waals surface area contributed by atoms with Crippen molar-refractivity contribution in [1.29, 1.82) is 0 Å². The molecule has 2 heterocycles. The van der Waals surface area contributed by atoms with E-state index in [0.29, 0.717) is 11.6 Å². The van der Waals surface area contributed by atoms with Crippen LogP contribution in [0.5, 0.6) is 0 Å². The van der Waals surface area contributed by atoms with Crippen molar-refractivity contribution < 1.29 is 4.79 Å². The van der Waals surface area contributed by atoms with Gasteiger partial charge in [-0.15, -0.1) is 0 Å². The minimum absolute atomic E-state index is 0.0628. The molecule has 6 heteroatoms. The predicted octanol–water partition coefficient (Wildman–Crippen LogP) is 4.14. The summed E-state index contributed by atoms with van der Waals surface area (Å²) in [6, 6.07) is 6.54. The lowest BCUT2D eigenvalue weighted by atomic mass is 10.00. The average Bonchev–Trinajstić information content (AvgIpc) is 3.38. The van der Waals surface area contributed by atoms with Gasteiger partial charge in [0.15, 0.2) is 0 Å². The molecule has 0 spiro atoms. The largest absolute Gasteiger partial charge is 0.387 e. The highest BCUT2D eigenvalue weighted by molar-refractivity contribution is 6.08. The van der Waals surface area contributed by atoms with E-state index in [0.717, 1.165) is 65.6 Å². The lowest BCUT2D eigenvalue weighted by Gasteiger charge is -2.14. The normalized spacial score (nSPS) is 13.7. The molecule has 0 saturated heterocycles. The first kappa shape index (κ1) is 18.5. The van der Waals surface area contributed by atoms with Gasteiger partial charge in [0.05, 0.1) is 22.5 Å². The van der Waals surface area contributed by atoms with E-state index in [-0.39, 0.29) is 5.91 Å². The average molecular weight is 377 g/mol. The molecule has 1 aliphatic rings. The Balaban J connectivity index is 1.76. The molecule has 28 heavy (non-hydrogen) atoms. The number of nitrogens with one attached hydrogen (secondary N) is 2. The van der Waals surface area contributed by atoms with Crippen LogP contribution in [0.4, 0.5) is 5.69 Å². The number of amides is 1. The molecule has 2 aromatic heterocycles. The Morgan fingerprint density at radius 3 is 2.86 bits per heavy atom.